The Bertz CT molecular complexity index is 3270. The van der Waals surface area contributed by atoms with E-state index in [0.29, 0.717) is 0 Å². The number of thiophene rings is 1. The van der Waals surface area contributed by atoms with Crippen molar-refractivity contribution in [3.63, 3.8) is 0 Å². The maximum Gasteiger partial charge on any atom is 0.264 e. The van der Waals surface area contributed by atoms with Crippen LogP contribution in [0.25, 0.3) is 10.1 Å². The molecule has 364 valence electrons. The third-order valence-electron chi connectivity index (χ3n) is 20.3. The normalized spacial score (nSPS) is 22.8. The highest BCUT2D eigenvalue weighted by Crippen LogP contribution is 2.57. The molecule has 0 amide bonds. The lowest BCUT2D eigenvalue weighted by Gasteiger charge is -2.48. The molecule has 0 bridgehead atoms. The van der Waals surface area contributed by atoms with Crippen LogP contribution in [0.4, 0.5) is 34.1 Å². The summed E-state index contributed by atoms with van der Waals surface area (Å²) in [5.41, 5.74) is 26.8. The van der Waals surface area contributed by atoms with Crippen LogP contribution in [0.1, 0.15) is 218 Å². The lowest BCUT2D eigenvalue weighted by molar-refractivity contribution is 0.332. The van der Waals surface area contributed by atoms with Gasteiger partial charge in [0.05, 0.1) is 5.69 Å². The van der Waals surface area contributed by atoms with Crippen LogP contribution in [0, 0.1) is 13.8 Å². The third-order valence-corrected chi connectivity index (χ3v) is 21.5. The van der Waals surface area contributed by atoms with E-state index >= 15 is 0 Å². The summed E-state index contributed by atoms with van der Waals surface area (Å²) in [6.07, 6.45) is 9.62. The molecule has 1 aromatic heterocycles. The minimum absolute atomic E-state index is 0.0720. The monoisotopic (exact) mass is 945 g/mol. The first kappa shape index (κ1) is 46.8. The van der Waals surface area contributed by atoms with Gasteiger partial charge in [-0.15, -0.1) is 11.3 Å². The average molecular weight is 945 g/mol. The van der Waals surface area contributed by atoms with E-state index in [1.54, 1.807) is 16.7 Å². The topological polar surface area (TPSA) is 6.48 Å². The van der Waals surface area contributed by atoms with E-state index < -0.39 is 0 Å². The van der Waals surface area contributed by atoms with Crippen LogP contribution in [-0.4, -0.2) is 6.71 Å². The minimum atomic E-state index is 0.0720. The molecule has 4 heteroatoms. The number of nitrogens with zero attached hydrogens (tertiary/aromatic N) is 2. The van der Waals surface area contributed by atoms with Crippen LogP contribution in [0.5, 0.6) is 0 Å². The molecule has 0 saturated carbocycles. The smallest absolute Gasteiger partial charge is 0.264 e. The van der Waals surface area contributed by atoms with Crippen molar-refractivity contribution in [2.45, 2.75) is 219 Å². The summed E-state index contributed by atoms with van der Waals surface area (Å²) in [4.78, 5) is 5.56. The molecule has 5 aromatic carbocycles. The van der Waals surface area contributed by atoms with Crippen LogP contribution in [0.2, 0.25) is 0 Å². The lowest BCUT2D eigenvalue weighted by atomic mass is 9.35. The summed E-state index contributed by atoms with van der Waals surface area (Å²) in [7, 11) is 0. The zero-order valence-electron chi connectivity index (χ0n) is 46.4. The largest absolute Gasteiger partial charge is 0.311 e. The van der Waals surface area contributed by atoms with E-state index in [1.165, 1.54) is 150 Å². The maximum absolute atomic E-state index is 2.81. The quantitative estimate of drug-likeness (QED) is 0.159. The fraction of sp³-hybridized carbons (Fsp3) is 0.515. The van der Waals surface area contributed by atoms with Gasteiger partial charge in [0, 0.05) is 43.3 Å². The molecule has 0 atom stereocenters. The van der Waals surface area contributed by atoms with Crippen molar-refractivity contribution in [3.05, 3.63) is 122 Å². The summed E-state index contributed by atoms with van der Waals surface area (Å²) >= 11 is 2.10. The molecule has 0 unspecified atom stereocenters. The number of benzene rings is 5. The Morgan fingerprint density at radius 3 is 1.34 bits per heavy atom. The highest BCUT2D eigenvalue weighted by atomic mass is 32.1. The average Bonchev–Trinajstić information content (AvgIpc) is 3.65. The van der Waals surface area contributed by atoms with E-state index in [0.717, 1.165) is 0 Å². The van der Waals surface area contributed by atoms with Crippen LogP contribution in [-0.2, 0) is 43.3 Å². The predicted molar refractivity (Wildman–Crippen MR) is 306 cm³/mol. The van der Waals surface area contributed by atoms with Gasteiger partial charge < -0.3 is 9.80 Å². The highest BCUT2D eigenvalue weighted by Gasteiger charge is 2.50. The molecule has 0 N–H and O–H groups in total. The summed E-state index contributed by atoms with van der Waals surface area (Å²) in [5.74, 6) is 0. The highest BCUT2D eigenvalue weighted by molar-refractivity contribution is 7.33. The molecule has 0 saturated heterocycles. The van der Waals surface area contributed by atoms with Gasteiger partial charge in [0.15, 0.2) is 0 Å². The van der Waals surface area contributed by atoms with Gasteiger partial charge in [-0.1, -0.05) is 129 Å². The van der Waals surface area contributed by atoms with Crippen molar-refractivity contribution < 1.29 is 0 Å². The van der Waals surface area contributed by atoms with Crippen molar-refractivity contribution in [3.8, 4) is 0 Å². The van der Waals surface area contributed by atoms with Gasteiger partial charge in [-0.3, -0.25) is 0 Å². The molecule has 2 aliphatic heterocycles. The first-order valence-corrected chi connectivity index (χ1v) is 28.1. The number of anilines is 6. The molecular weight excluding hydrogens is 864 g/mol. The number of hydrogen-bond donors (Lipinski definition) is 0. The summed E-state index contributed by atoms with van der Waals surface area (Å²) in [6.45, 7) is 44.8. The van der Waals surface area contributed by atoms with Crippen molar-refractivity contribution in [1.82, 2.24) is 0 Å². The molecule has 3 heterocycles. The van der Waals surface area contributed by atoms with Crippen molar-refractivity contribution in [1.29, 1.82) is 0 Å². The summed E-state index contributed by atoms with van der Waals surface area (Å²) < 4.78 is 2.94. The molecule has 0 spiro atoms. The van der Waals surface area contributed by atoms with E-state index in [4.69, 9.17) is 0 Å². The van der Waals surface area contributed by atoms with Gasteiger partial charge in [0.1, 0.15) is 0 Å². The molecule has 2 nitrogen and oxygen atoms in total. The molecule has 6 aromatic rings. The van der Waals surface area contributed by atoms with Gasteiger partial charge in [-0.05, 0) is 224 Å². The Kier molecular flexibility index (Phi) is 9.53. The molecule has 4 aliphatic carbocycles. The fourth-order valence-electron chi connectivity index (χ4n) is 14.9. The molecule has 6 aliphatic rings. The molecular formula is C66H81BN2S. The minimum Gasteiger partial charge on any atom is -0.311 e. The van der Waals surface area contributed by atoms with Crippen molar-refractivity contribution >= 4 is 78.0 Å². The molecule has 0 radical (unpaired) electrons. The number of fused-ring (bicyclic) bond motifs is 10. The van der Waals surface area contributed by atoms with Gasteiger partial charge >= 0.3 is 0 Å². The number of aryl methyl sites for hydroxylation is 2. The van der Waals surface area contributed by atoms with Gasteiger partial charge in [0.25, 0.3) is 6.71 Å². The Morgan fingerprint density at radius 1 is 0.400 bits per heavy atom. The van der Waals surface area contributed by atoms with E-state index in [9.17, 15) is 0 Å². The standard InChI is InChI=1S/C66H81BN2S/c1-38-29-53-56-54(30-38)69(51-35-47-43(31-39(51)2)60(5,6)23-26-64(47,13)14)57-41-33-45-49(66(17,18)28-24-62(45,9)10)37-55(41)70-58(57)67(56)50-34-46-48(65(15,16)27-25-63(46,11)12)36-52(50)68(53)40-19-20-42-44(32-40)61(7,8)22-21-59(42,3)4/h19-20,29-37H,21-28H2,1-18H3. The Morgan fingerprint density at radius 2 is 0.814 bits per heavy atom. The first-order chi connectivity index (χ1) is 32.4. The fourth-order valence-corrected chi connectivity index (χ4v) is 16.3. The first-order valence-electron chi connectivity index (χ1n) is 27.3. The Hall–Kier alpha value is -4.28. The lowest BCUT2D eigenvalue weighted by Crippen LogP contribution is -2.61. The molecule has 12 rings (SSSR count). The predicted octanol–water partition coefficient (Wildman–Crippen LogP) is 17.0. The van der Waals surface area contributed by atoms with Gasteiger partial charge in [-0.25, -0.2) is 0 Å². The second kappa shape index (κ2) is 14.3. The second-order valence-corrected chi connectivity index (χ2v) is 30.1. The van der Waals surface area contributed by atoms with E-state index in [1.807, 2.05) is 0 Å². The number of rotatable bonds is 2. The second-order valence-electron chi connectivity index (χ2n) is 29.0. The zero-order valence-corrected chi connectivity index (χ0v) is 47.2. The molecule has 0 fully saturated rings. The van der Waals surface area contributed by atoms with Crippen molar-refractivity contribution in [2.75, 3.05) is 9.80 Å². The maximum atomic E-state index is 2.81. The van der Waals surface area contributed by atoms with Crippen LogP contribution >= 0.6 is 11.3 Å². The SMILES string of the molecule is Cc1cc2c3c(c1)N(c1cc4c(cc1C)C(C)(C)CCC4(C)C)c1c(sc4cc5c(cc14)C(C)(C)CCC5(C)C)B3c1cc3c(cc1N2c1ccc2c(c1)C(C)(C)CCC2(C)C)C(C)(C)CCC3(C)C. The summed E-state index contributed by atoms with van der Waals surface area (Å²) in [6, 6.07) is 28.9. The van der Waals surface area contributed by atoms with Gasteiger partial charge in [0.2, 0.25) is 0 Å². The molecule has 70 heavy (non-hydrogen) atoms. The number of hydrogen-bond acceptors (Lipinski definition) is 3. The summed E-state index contributed by atoms with van der Waals surface area (Å²) in [5, 5.41) is 1.43. The van der Waals surface area contributed by atoms with Crippen LogP contribution in [0.3, 0.4) is 0 Å². The Labute approximate surface area is 427 Å². The zero-order chi connectivity index (χ0) is 50.0. The third kappa shape index (κ3) is 6.48. The van der Waals surface area contributed by atoms with E-state index in [2.05, 4.69) is 212 Å². The van der Waals surface area contributed by atoms with Crippen LogP contribution < -0.4 is 25.5 Å². The van der Waals surface area contributed by atoms with Gasteiger partial charge in [-0.2, -0.15) is 0 Å². The Balaban J connectivity index is 1.23. The van der Waals surface area contributed by atoms with E-state index in [-0.39, 0.29) is 50.0 Å². The van der Waals surface area contributed by atoms with Crippen LogP contribution in [0.15, 0.2) is 66.7 Å². The van der Waals surface area contributed by atoms with Crippen molar-refractivity contribution in [2.24, 2.45) is 0 Å².